The van der Waals surface area contributed by atoms with Crippen molar-refractivity contribution in [3.8, 4) is 5.75 Å². The molecule has 0 saturated carbocycles. The van der Waals surface area contributed by atoms with Crippen LogP contribution in [0.3, 0.4) is 0 Å². The summed E-state index contributed by atoms with van der Waals surface area (Å²) in [5.41, 5.74) is 0.860. The lowest BCUT2D eigenvalue weighted by atomic mass is 10.0. The molecule has 1 aromatic carbocycles. The van der Waals surface area contributed by atoms with Crippen LogP contribution in [0.25, 0.3) is 0 Å². The maximum atomic E-state index is 12.1. The Balaban J connectivity index is 2.82. The third-order valence-electron chi connectivity index (χ3n) is 3.07. The molecule has 0 heterocycles. The van der Waals surface area contributed by atoms with Crippen molar-refractivity contribution in [1.82, 2.24) is 4.90 Å². The van der Waals surface area contributed by atoms with E-state index < -0.39 is 12.6 Å². The fraction of sp³-hybridized carbons (Fsp3) is 0.533. The second-order valence-corrected chi connectivity index (χ2v) is 5.34. The van der Waals surface area contributed by atoms with Gasteiger partial charge in [0.2, 0.25) is 0 Å². The third kappa shape index (κ3) is 6.08. The molecule has 118 valence electrons. The highest BCUT2D eigenvalue weighted by molar-refractivity contribution is 5.69. The predicted octanol–water partition coefficient (Wildman–Crippen LogP) is 3.39. The molecule has 0 spiro atoms. The van der Waals surface area contributed by atoms with Gasteiger partial charge in [-0.05, 0) is 30.5 Å². The molecule has 6 heteroatoms. The summed E-state index contributed by atoms with van der Waals surface area (Å²) in [6.07, 6.45) is 0. The molecule has 0 radical (unpaired) electrons. The van der Waals surface area contributed by atoms with Gasteiger partial charge in [0.05, 0.1) is 6.54 Å². The normalized spacial score (nSPS) is 13.0. The van der Waals surface area contributed by atoms with Crippen LogP contribution in [-0.2, 0) is 4.79 Å². The number of aliphatic carboxylic acids is 1. The Morgan fingerprint density at radius 1 is 1.24 bits per heavy atom. The molecule has 4 nitrogen and oxygen atoms in total. The number of benzene rings is 1. The Morgan fingerprint density at radius 3 is 2.24 bits per heavy atom. The molecule has 1 aromatic rings. The number of carboxylic acid groups (broad SMARTS) is 1. The summed E-state index contributed by atoms with van der Waals surface area (Å²) < 4.78 is 28.5. The van der Waals surface area contributed by atoms with Crippen LogP contribution >= 0.6 is 0 Å². The first-order valence-electron chi connectivity index (χ1n) is 6.80. The summed E-state index contributed by atoms with van der Waals surface area (Å²) in [6, 6.07) is 6.16. The molecule has 0 aliphatic rings. The summed E-state index contributed by atoms with van der Waals surface area (Å²) in [7, 11) is 0. The molecule has 1 unspecified atom stereocenters. The monoisotopic (exact) mass is 301 g/mol. The average molecular weight is 301 g/mol. The van der Waals surface area contributed by atoms with Gasteiger partial charge in [-0.25, -0.2) is 0 Å². The lowest BCUT2D eigenvalue weighted by molar-refractivity contribution is -0.139. The smallest absolute Gasteiger partial charge is 0.387 e. The Bertz CT molecular complexity index is 449. The van der Waals surface area contributed by atoms with Gasteiger partial charge >= 0.3 is 12.6 Å². The molecule has 0 saturated heterocycles. The fourth-order valence-corrected chi connectivity index (χ4v) is 2.14. The molecule has 0 fully saturated rings. The highest BCUT2D eigenvalue weighted by Gasteiger charge is 2.19. The quantitative estimate of drug-likeness (QED) is 0.799. The van der Waals surface area contributed by atoms with Crippen LogP contribution in [0.4, 0.5) is 8.78 Å². The van der Waals surface area contributed by atoms with E-state index in [9.17, 15) is 13.6 Å². The molecule has 0 bridgehead atoms. The van der Waals surface area contributed by atoms with Gasteiger partial charge in [-0.3, -0.25) is 9.69 Å². The van der Waals surface area contributed by atoms with E-state index in [-0.39, 0.29) is 18.3 Å². The number of alkyl halides is 2. The van der Waals surface area contributed by atoms with E-state index in [2.05, 4.69) is 4.74 Å². The zero-order valence-corrected chi connectivity index (χ0v) is 12.4. The first kappa shape index (κ1) is 17.4. The van der Waals surface area contributed by atoms with Crippen LogP contribution < -0.4 is 4.74 Å². The van der Waals surface area contributed by atoms with Crippen LogP contribution in [0.15, 0.2) is 24.3 Å². The van der Waals surface area contributed by atoms with E-state index >= 15 is 0 Å². The van der Waals surface area contributed by atoms with Gasteiger partial charge in [-0.15, -0.1) is 0 Å². The zero-order chi connectivity index (χ0) is 16.0. The van der Waals surface area contributed by atoms with Crippen molar-refractivity contribution in [2.24, 2.45) is 5.92 Å². The standard InChI is InChI=1S/C15H21F2NO3/c1-10(2)8-18(9-14(19)20)11(3)12-4-6-13(7-5-12)21-15(16)17/h4-7,10-11,15H,8-9H2,1-3H3,(H,19,20). The number of hydrogen-bond acceptors (Lipinski definition) is 3. The van der Waals surface area contributed by atoms with Crippen molar-refractivity contribution >= 4 is 5.97 Å². The minimum absolute atomic E-state index is 0.0609. The number of carbonyl (C=O) groups is 1. The summed E-state index contributed by atoms with van der Waals surface area (Å²) in [6.45, 7) is 3.66. The van der Waals surface area contributed by atoms with Crippen LogP contribution in [0.1, 0.15) is 32.4 Å². The first-order valence-corrected chi connectivity index (χ1v) is 6.80. The van der Waals surface area contributed by atoms with Gasteiger partial charge in [0.15, 0.2) is 0 Å². The molecular formula is C15H21F2NO3. The summed E-state index contributed by atoms with van der Waals surface area (Å²) in [5, 5.41) is 8.99. The zero-order valence-electron chi connectivity index (χ0n) is 12.4. The largest absolute Gasteiger partial charge is 0.480 e. The van der Waals surface area contributed by atoms with Crippen molar-refractivity contribution in [2.75, 3.05) is 13.1 Å². The number of nitrogens with zero attached hydrogens (tertiary/aromatic N) is 1. The van der Waals surface area contributed by atoms with Crippen molar-refractivity contribution in [1.29, 1.82) is 0 Å². The third-order valence-corrected chi connectivity index (χ3v) is 3.07. The molecule has 1 N–H and O–H groups in total. The first-order chi connectivity index (χ1) is 9.79. The van der Waals surface area contributed by atoms with Crippen LogP contribution in [0.2, 0.25) is 0 Å². The Kier molecular flexibility index (Phi) is 6.55. The van der Waals surface area contributed by atoms with Gasteiger partial charge in [-0.2, -0.15) is 8.78 Å². The molecule has 0 amide bonds. The second-order valence-electron chi connectivity index (χ2n) is 5.34. The number of hydrogen-bond donors (Lipinski definition) is 1. The van der Waals surface area contributed by atoms with E-state index in [4.69, 9.17) is 5.11 Å². The number of rotatable bonds is 8. The van der Waals surface area contributed by atoms with E-state index in [1.54, 1.807) is 12.1 Å². The highest BCUT2D eigenvalue weighted by atomic mass is 19.3. The van der Waals surface area contributed by atoms with Crippen LogP contribution in [0, 0.1) is 5.92 Å². The van der Waals surface area contributed by atoms with E-state index in [1.807, 2.05) is 25.7 Å². The Hall–Kier alpha value is -1.69. The van der Waals surface area contributed by atoms with Crippen molar-refractivity contribution in [3.05, 3.63) is 29.8 Å². The lowest BCUT2D eigenvalue weighted by Gasteiger charge is -2.29. The average Bonchev–Trinajstić information content (AvgIpc) is 2.36. The minimum atomic E-state index is -2.85. The number of halogens is 2. The van der Waals surface area contributed by atoms with Crippen molar-refractivity contribution in [3.63, 3.8) is 0 Å². The van der Waals surface area contributed by atoms with Gasteiger partial charge in [0, 0.05) is 12.6 Å². The molecule has 1 rings (SSSR count). The molecule has 0 aromatic heterocycles. The van der Waals surface area contributed by atoms with Gasteiger partial charge in [-0.1, -0.05) is 26.0 Å². The van der Waals surface area contributed by atoms with E-state index in [0.717, 1.165) is 5.56 Å². The second kappa shape index (κ2) is 7.93. The number of ether oxygens (including phenoxy) is 1. The molecule has 1 atom stereocenters. The Morgan fingerprint density at radius 2 is 1.81 bits per heavy atom. The molecular weight excluding hydrogens is 280 g/mol. The van der Waals surface area contributed by atoms with Crippen LogP contribution in [-0.4, -0.2) is 35.7 Å². The minimum Gasteiger partial charge on any atom is -0.480 e. The molecule has 0 aliphatic carbocycles. The topological polar surface area (TPSA) is 49.8 Å². The van der Waals surface area contributed by atoms with Crippen molar-refractivity contribution < 1.29 is 23.4 Å². The highest BCUT2D eigenvalue weighted by Crippen LogP contribution is 2.24. The lowest BCUT2D eigenvalue weighted by Crippen LogP contribution is -2.35. The van der Waals surface area contributed by atoms with Gasteiger partial charge in [0.1, 0.15) is 5.75 Å². The maximum Gasteiger partial charge on any atom is 0.387 e. The van der Waals surface area contributed by atoms with E-state index in [0.29, 0.717) is 12.5 Å². The van der Waals surface area contributed by atoms with Crippen molar-refractivity contribution in [2.45, 2.75) is 33.4 Å². The maximum absolute atomic E-state index is 12.1. The van der Waals surface area contributed by atoms with Gasteiger partial charge in [0.25, 0.3) is 0 Å². The SMILES string of the molecule is CC(C)CN(CC(=O)O)C(C)c1ccc(OC(F)F)cc1. The molecule has 0 aliphatic heterocycles. The van der Waals surface area contributed by atoms with Gasteiger partial charge < -0.3 is 9.84 Å². The Labute approximate surface area is 123 Å². The molecule has 21 heavy (non-hydrogen) atoms. The summed E-state index contributed by atoms with van der Waals surface area (Å²) in [4.78, 5) is 12.8. The summed E-state index contributed by atoms with van der Waals surface area (Å²) in [5.74, 6) is -0.469. The predicted molar refractivity (Wildman–Crippen MR) is 75.5 cm³/mol. The summed E-state index contributed by atoms with van der Waals surface area (Å²) >= 11 is 0. The fourth-order valence-electron chi connectivity index (χ4n) is 2.14. The number of carboxylic acids is 1. The van der Waals surface area contributed by atoms with E-state index in [1.165, 1.54) is 12.1 Å². The van der Waals surface area contributed by atoms with Crippen LogP contribution in [0.5, 0.6) is 5.75 Å².